The van der Waals surface area contributed by atoms with Crippen LogP contribution in [0.25, 0.3) is 0 Å². The summed E-state index contributed by atoms with van der Waals surface area (Å²) in [6, 6.07) is 10.6. The van der Waals surface area contributed by atoms with E-state index in [9.17, 15) is 14.4 Å². The Morgan fingerprint density at radius 1 is 1.12 bits per heavy atom. The van der Waals surface area contributed by atoms with E-state index in [1.807, 2.05) is 35.2 Å². The molecule has 32 heavy (non-hydrogen) atoms. The number of aromatic nitrogens is 1. The summed E-state index contributed by atoms with van der Waals surface area (Å²) in [6.07, 6.45) is 0.294. The maximum absolute atomic E-state index is 13.1. The summed E-state index contributed by atoms with van der Waals surface area (Å²) in [5.41, 5.74) is 1.18. The summed E-state index contributed by atoms with van der Waals surface area (Å²) < 4.78 is 4.94. The Bertz CT molecular complexity index is 1030. The predicted molar refractivity (Wildman–Crippen MR) is 118 cm³/mol. The topological polar surface area (TPSA) is 111 Å². The predicted octanol–water partition coefficient (Wildman–Crippen LogP) is 1.29. The smallest absolute Gasteiger partial charge is 0.270 e. The van der Waals surface area contributed by atoms with Gasteiger partial charge in [-0.2, -0.15) is 5.10 Å². The van der Waals surface area contributed by atoms with Gasteiger partial charge in [0.15, 0.2) is 11.6 Å². The summed E-state index contributed by atoms with van der Waals surface area (Å²) >= 11 is 0. The van der Waals surface area contributed by atoms with E-state index >= 15 is 0 Å². The molecule has 3 heterocycles. The van der Waals surface area contributed by atoms with Crippen LogP contribution in [-0.4, -0.2) is 77.0 Å². The highest BCUT2D eigenvalue weighted by Crippen LogP contribution is 2.25. The van der Waals surface area contributed by atoms with E-state index in [1.165, 1.54) is 6.92 Å². The van der Waals surface area contributed by atoms with E-state index in [0.29, 0.717) is 49.9 Å². The first kappa shape index (κ1) is 21.7. The minimum absolute atomic E-state index is 0.0291. The van der Waals surface area contributed by atoms with Gasteiger partial charge in [0.2, 0.25) is 5.91 Å². The van der Waals surface area contributed by atoms with Crippen LogP contribution in [-0.2, 0) is 14.4 Å². The van der Waals surface area contributed by atoms with Gasteiger partial charge in [-0.3, -0.25) is 24.3 Å². The molecule has 0 radical (unpaired) electrons. The highest BCUT2D eigenvalue weighted by Gasteiger charge is 2.36. The number of benzene rings is 1. The number of carbonyl (C=O) groups excluding carboxylic acids is 3. The molecule has 2 aliphatic heterocycles. The van der Waals surface area contributed by atoms with Crippen LogP contribution in [0.2, 0.25) is 0 Å². The molecule has 168 valence electrons. The van der Waals surface area contributed by atoms with Gasteiger partial charge >= 0.3 is 0 Å². The number of amides is 2. The molecule has 0 aliphatic carbocycles. The van der Waals surface area contributed by atoms with Crippen LogP contribution in [0.5, 0.6) is 0 Å². The van der Waals surface area contributed by atoms with Gasteiger partial charge < -0.3 is 14.7 Å². The Labute approximate surface area is 185 Å². The molecule has 1 aromatic heterocycles. The molecule has 0 saturated carbocycles. The van der Waals surface area contributed by atoms with Gasteiger partial charge in [0.25, 0.3) is 5.91 Å². The first-order chi connectivity index (χ1) is 15.4. The lowest BCUT2D eigenvalue weighted by molar-refractivity contribution is -0.126. The maximum Gasteiger partial charge on any atom is 0.270 e. The highest BCUT2D eigenvalue weighted by molar-refractivity contribution is 6.40. The fourth-order valence-corrected chi connectivity index (χ4v) is 3.88. The summed E-state index contributed by atoms with van der Waals surface area (Å²) in [6.45, 7) is 5.61. The molecular formula is C22H26N6O4. The number of Topliss-reactive ketones (excluding diaryl/α,β-unsaturated/α-hetero) is 1. The third-order valence-corrected chi connectivity index (χ3v) is 5.57. The number of nitrogens with one attached hydrogen (secondary N) is 1. The molecule has 10 heteroatoms. The SMILES string of the molecule is CC(=O)[C@@H]1CC(C(=O)N2CCN(CC(=O)Nc3cc(C)on3)CC2)=NN1c1ccccc1. The number of anilines is 2. The van der Waals surface area contributed by atoms with Crippen LogP contribution in [0.4, 0.5) is 11.5 Å². The van der Waals surface area contributed by atoms with Crippen molar-refractivity contribution < 1.29 is 18.9 Å². The first-order valence-corrected chi connectivity index (χ1v) is 10.6. The second-order valence-electron chi connectivity index (χ2n) is 8.00. The molecular weight excluding hydrogens is 412 g/mol. The summed E-state index contributed by atoms with van der Waals surface area (Å²) in [5, 5.41) is 12.6. The van der Waals surface area contributed by atoms with Crippen molar-refractivity contribution in [2.45, 2.75) is 26.3 Å². The number of rotatable bonds is 6. The van der Waals surface area contributed by atoms with Crippen LogP contribution in [0.1, 0.15) is 19.1 Å². The summed E-state index contributed by atoms with van der Waals surface area (Å²) in [5.74, 6) is 0.653. The number of piperazine rings is 1. The number of hydrogen-bond donors (Lipinski definition) is 1. The number of aryl methyl sites for hydroxylation is 1. The molecule has 1 atom stereocenters. The number of carbonyl (C=O) groups is 3. The molecule has 1 aromatic carbocycles. The van der Waals surface area contributed by atoms with Crippen LogP contribution in [0.3, 0.4) is 0 Å². The van der Waals surface area contributed by atoms with Gasteiger partial charge in [-0.15, -0.1) is 0 Å². The normalized spacial score (nSPS) is 19.1. The Kier molecular flexibility index (Phi) is 6.31. The average molecular weight is 438 g/mol. The largest absolute Gasteiger partial charge is 0.360 e. The van der Waals surface area contributed by atoms with Gasteiger partial charge in [0.05, 0.1) is 12.2 Å². The van der Waals surface area contributed by atoms with Crippen molar-refractivity contribution in [3.05, 3.63) is 42.2 Å². The van der Waals surface area contributed by atoms with E-state index < -0.39 is 6.04 Å². The molecule has 2 aromatic rings. The molecule has 0 spiro atoms. The fourth-order valence-electron chi connectivity index (χ4n) is 3.88. The molecule has 4 rings (SSSR count). The zero-order valence-electron chi connectivity index (χ0n) is 18.2. The zero-order valence-corrected chi connectivity index (χ0v) is 18.2. The lowest BCUT2D eigenvalue weighted by atomic mass is 10.1. The van der Waals surface area contributed by atoms with Crippen molar-refractivity contribution in [1.82, 2.24) is 15.0 Å². The van der Waals surface area contributed by atoms with Crippen LogP contribution in [0, 0.1) is 6.92 Å². The lowest BCUT2D eigenvalue weighted by Gasteiger charge is -2.34. The van der Waals surface area contributed by atoms with Gasteiger partial charge in [-0.25, -0.2) is 0 Å². The van der Waals surface area contributed by atoms with E-state index in [1.54, 1.807) is 22.9 Å². The number of ketones is 1. The third-order valence-electron chi connectivity index (χ3n) is 5.57. The number of hydrogen-bond acceptors (Lipinski definition) is 8. The van der Waals surface area contributed by atoms with Crippen LogP contribution >= 0.6 is 0 Å². The van der Waals surface area contributed by atoms with E-state index in [4.69, 9.17) is 4.52 Å². The number of hydrazone groups is 1. The van der Waals surface area contributed by atoms with Gasteiger partial charge in [-0.1, -0.05) is 23.4 Å². The van der Waals surface area contributed by atoms with E-state index in [2.05, 4.69) is 15.6 Å². The third kappa shape index (κ3) is 4.86. The molecule has 2 aliphatic rings. The van der Waals surface area contributed by atoms with Crippen molar-refractivity contribution in [3.63, 3.8) is 0 Å². The van der Waals surface area contributed by atoms with Crippen molar-refractivity contribution in [2.75, 3.05) is 43.0 Å². The standard InChI is InChI=1S/C22H26N6O4/c1-15-12-20(25-32-15)23-21(30)14-26-8-10-27(11-9-26)22(31)18-13-19(16(2)29)28(24-18)17-6-4-3-5-7-17/h3-7,12,19H,8-11,13-14H2,1-2H3,(H,23,25,30)/t19-/m0/s1. The quantitative estimate of drug-likeness (QED) is 0.723. The van der Waals surface area contributed by atoms with E-state index in [0.717, 1.165) is 5.69 Å². The molecule has 1 saturated heterocycles. The van der Waals surface area contributed by atoms with Crippen molar-refractivity contribution in [1.29, 1.82) is 0 Å². The van der Waals surface area contributed by atoms with Crippen molar-refractivity contribution in [2.24, 2.45) is 5.10 Å². The van der Waals surface area contributed by atoms with Crippen molar-refractivity contribution in [3.8, 4) is 0 Å². The molecule has 10 nitrogen and oxygen atoms in total. The fraction of sp³-hybridized carbons (Fsp3) is 0.409. The molecule has 1 fully saturated rings. The summed E-state index contributed by atoms with van der Waals surface area (Å²) in [4.78, 5) is 41.1. The highest BCUT2D eigenvalue weighted by atomic mass is 16.5. The molecule has 0 unspecified atom stereocenters. The maximum atomic E-state index is 13.1. The summed E-state index contributed by atoms with van der Waals surface area (Å²) in [7, 11) is 0. The molecule has 0 bridgehead atoms. The molecule has 2 amide bonds. The Balaban J connectivity index is 1.33. The second-order valence-corrected chi connectivity index (χ2v) is 8.00. The average Bonchev–Trinajstić information content (AvgIpc) is 3.41. The van der Waals surface area contributed by atoms with Gasteiger partial charge in [-0.05, 0) is 26.0 Å². The number of para-hydroxylation sites is 1. The number of nitrogens with zero attached hydrogens (tertiary/aromatic N) is 5. The zero-order chi connectivity index (χ0) is 22.7. The molecule has 1 N–H and O–H groups in total. The Morgan fingerprint density at radius 2 is 1.84 bits per heavy atom. The van der Waals surface area contributed by atoms with Crippen LogP contribution < -0.4 is 10.3 Å². The minimum Gasteiger partial charge on any atom is -0.360 e. The minimum atomic E-state index is -0.471. The van der Waals surface area contributed by atoms with Gasteiger partial charge in [0.1, 0.15) is 17.5 Å². The Morgan fingerprint density at radius 3 is 2.47 bits per heavy atom. The van der Waals surface area contributed by atoms with E-state index in [-0.39, 0.29) is 24.1 Å². The van der Waals surface area contributed by atoms with Crippen LogP contribution in [0.15, 0.2) is 46.0 Å². The second kappa shape index (κ2) is 9.31. The monoisotopic (exact) mass is 438 g/mol. The Hall–Kier alpha value is -3.53. The lowest BCUT2D eigenvalue weighted by Crippen LogP contribution is -2.52. The van der Waals surface area contributed by atoms with Crippen molar-refractivity contribution >= 4 is 34.8 Å². The van der Waals surface area contributed by atoms with Gasteiger partial charge in [0, 0.05) is 38.7 Å². The first-order valence-electron chi connectivity index (χ1n) is 10.6.